The van der Waals surface area contributed by atoms with E-state index < -0.39 is 0 Å². The largest absolute Gasteiger partial charge is 0.342 e. The van der Waals surface area contributed by atoms with Gasteiger partial charge >= 0.3 is 0 Å². The van der Waals surface area contributed by atoms with Crippen LogP contribution in [0.1, 0.15) is 0 Å². The van der Waals surface area contributed by atoms with Crippen molar-refractivity contribution >= 4 is 38.3 Å². The van der Waals surface area contributed by atoms with Gasteiger partial charge in [0, 0.05) is 18.3 Å². The van der Waals surface area contributed by atoms with E-state index in [0.717, 1.165) is 21.5 Å². The van der Waals surface area contributed by atoms with Crippen LogP contribution < -0.4 is 10.2 Å². The quantitative estimate of drug-likeness (QED) is 0.510. The Kier molecular flexibility index (Phi) is 5.04. The molecular formula is C22H18FN3OS. The number of hydrogen-bond acceptors (Lipinski definition) is 4. The molecule has 1 heterocycles. The van der Waals surface area contributed by atoms with Gasteiger partial charge in [-0.05, 0) is 23.8 Å². The summed E-state index contributed by atoms with van der Waals surface area (Å²) in [5, 5.41) is 3.58. The topological polar surface area (TPSA) is 45.2 Å². The van der Waals surface area contributed by atoms with Crippen molar-refractivity contribution in [2.45, 2.75) is 0 Å². The lowest BCUT2D eigenvalue weighted by Crippen LogP contribution is -2.30. The Bertz CT molecular complexity index is 1130. The fourth-order valence-corrected chi connectivity index (χ4v) is 3.94. The highest BCUT2D eigenvalue weighted by molar-refractivity contribution is 7.22. The van der Waals surface area contributed by atoms with Crippen LogP contribution in [-0.4, -0.2) is 24.5 Å². The molecule has 6 heteroatoms. The molecule has 0 saturated carbocycles. The van der Waals surface area contributed by atoms with Gasteiger partial charge in [-0.3, -0.25) is 4.79 Å². The first-order valence-electron chi connectivity index (χ1n) is 8.82. The monoisotopic (exact) mass is 391 g/mol. The number of rotatable bonds is 5. The van der Waals surface area contributed by atoms with Crippen LogP contribution >= 0.6 is 11.3 Å². The molecular weight excluding hydrogens is 373 g/mol. The molecule has 4 nitrogen and oxygen atoms in total. The third kappa shape index (κ3) is 3.73. The number of nitrogens with one attached hydrogen (secondary N) is 1. The van der Waals surface area contributed by atoms with Crippen LogP contribution in [0.4, 0.5) is 15.2 Å². The molecule has 0 unspecified atom stereocenters. The smallest absolute Gasteiger partial charge is 0.243 e. The minimum Gasteiger partial charge on any atom is -0.342 e. The molecule has 0 aliphatic heterocycles. The van der Waals surface area contributed by atoms with Crippen molar-refractivity contribution in [3.05, 3.63) is 78.6 Å². The van der Waals surface area contributed by atoms with Crippen LogP contribution in [0.25, 0.3) is 21.3 Å². The van der Waals surface area contributed by atoms with E-state index in [0.29, 0.717) is 10.6 Å². The van der Waals surface area contributed by atoms with E-state index >= 15 is 0 Å². The molecule has 4 rings (SSSR count). The standard InChI is InChI=1S/C22H18FN3OS/c1-26(22-25-21-17(23)11-7-13-19(21)28-22)14-20(27)24-18-12-6-5-10-16(18)15-8-3-2-4-9-15/h2-13H,14H2,1H3,(H,24,27). The minimum atomic E-state index is -0.352. The highest BCUT2D eigenvalue weighted by atomic mass is 32.1. The molecule has 1 N–H and O–H groups in total. The maximum atomic E-state index is 13.9. The van der Waals surface area contributed by atoms with Crippen molar-refractivity contribution in [1.82, 2.24) is 4.98 Å². The lowest BCUT2D eigenvalue weighted by Gasteiger charge is -2.16. The summed E-state index contributed by atoms with van der Waals surface area (Å²) in [4.78, 5) is 18.7. The Balaban J connectivity index is 1.51. The predicted octanol–water partition coefficient (Wildman–Crippen LogP) is 5.18. The predicted molar refractivity (Wildman–Crippen MR) is 113 cm³/mol. The van der Waals surface area contributed by atoms with Gasteiger partial charge in [0.1, 0.15) is 11.3 Å². The van der Waals surface area contributed by atoms with Crippen LogP contribution in [-0.2, 0) is 4.79 Å². The number of hydrogen-bond donors (Lipinski definition) is 1. The molecule has 28 heavy (non-hydrogen) atoms. The zero-order valence-corrected chi connectivity index (χ0v) is 16.0. The van der Waals surface area contributed by atoms with Crippen LogP contribution in [0.3, 0.4) is 0 Å². The van der Waals surface area contributed by atoms with Gasteiger partial charge in [-0.15, -0.1) is 0 Å². The zero-order chi connectivity index (χ0) is 19.5. The van der Waals surface area contributed by atoms with E-state index in [2.05, 4.69) is 10.3 Å². The molecule has 0 saturated heterocycles. The van der Waals surface area contributed by atoms with Crippen molar-refractivity contribution in [3.8, 4) is 11.1 Å². The summed E-state index contributed by atoms with van der Waals surface area (Å²) in [5.74, 6) is -0.514. The Hall–Kier alpha value is -3.25. The average Bonchev–Trinajstić information content (AvgIpc) is 3.15. The number of thiazole rings is 1. The number of likely N-dealkylation sites (N-methyl/N-ethyl adjacent to an activating group) is 1. The lowest BCUT2D eigenvalue weighted by atomic mass is 10.0. The number of nitrogens with zero attached hydrogens (tertiary/aromatic N) is 2. The number of aromatic nitrogens is 1. The van der Waals surface area contributed by atoms with Crippen molar-refractivity contribution in [1.29, 1.82) is 0 Å². The number of para-hydroxylation sites is 2. The van der Waals surface area contributed by atoms with Gasteiger partial charge in [-0.25, -0.2) is 9.37 Å². The summed E-state index contributed by atoms with van der Waals surface area (Å²) in [5.41, 5.74) is 3.08. The molecule has 0 atom stereocenters. The molecule has 3 aromatic carbocycles. The SMILES string of the molecule is CN(CC(=O)Nc1ccccc1-c1ccccc1)c1nc2c(F)cccc2s1. The number of halogens is 1. The summed E-state index contributed by atoms with van der Waals surface area (Å²) in [6, 6.07) is 22.5. The summed E-state index contributed by atoms with van der Waals surface area (Å²) in [7, 11) is 1.78. The first kappa shape index (κ1) is 18.1. The van der Waals surface area contributed by atoms with Gasteiger partial charge < -0.3 is 10.2 Å². The second-order valence-electron chi connectivity index (χ2n) is 6.40. The Morgan fingerprint density at radius 2 is 1.79 bits per heavy atom. The molecule has 0 bridgehead atoms. The number of benzene rings is 3. The maximum absolute atomic E-state index is 13.9. The zero-order valence-electron chi connectivity index (χ0n) is 15.2. The fourth-order valence-electron chi connectivity index (χ4n) is 3.00. The Morgan fingerprint density at radius 1 is 1.04 bits per heavy atom. The van der Waals surface area contributed by atoms with E-state index in [9.17, 15) is 9.18 Å². The van der Waals surface area contributed by atoms with Gasteiger partial charge in [-0.1, -0.05) is 65.9 Å². The van der Waals surface area contributed by atoms with Crippen LogP contribution in [0.5, 0.6) is 0 Å². The molecule has 0 fully saturated rings. The van der Waals surface area contributed by atoms with Crippen molar-refractivity contribution in [2.24, 2.45) is 0 Å². The van der Waals surface area contributed by atoms with E-state index in [1.165, 1.54) is 17.4 Å². The number of anilines is 2. The third-order valence-corrected chi connectivity index (χ3v) is 5.49. The third-order valence-electron chi connectivity index (χ3n) is 4.35. The van der Waals surface area contributed by atoms with Crippen molar-refractivity contribution in [2.75, 3.05) is 23.8 Å². The van der Waals surface area contributed by atoms with E-state index in [1.807, 2.05) is 60.7 Å². The minimum absolute atomic E-state index is 0.116. The van der Waals surface area contributed by atoms with Gasteiger partial charge in [0.05, 0.1) is 11.2 Å². The maximum Gasteiger partial charge on any atom is 0.243 e. The number of carbonyl (C=O) groups is 1. The summed E-state index contributed by atoms with van der Waals surface area (Å²) in [6.45, 7) is 0.116. The normalized spacial score (nSPS) is 10.8. The first-order valence-corrected chi connectivity index (χ1v) is 9.64. The van der Waals surface area contributed by atoms with Crippen LogP contribution in [0, 0.1) is 5.82 Å². The molecule has 1 aromatic heterocycles. The van der Waals surface area contributed by atoms with E-state index in [1.54, 1.807) is 18.0 Å². The summed E-state index contributed by atoms with van der Waals surface area (Å²) in [6.07, 6.45) is 0. The van der Waals surface area contributed by atoms with Crippen molar-refractivity contribution in [3.63, 3.8) is 0 Å². The van der Waals surface area contributed by atoms with E-state index in [-0.39, 0.29) is 18.3 Å². The molecule has 1 amide bonds. The average molecular weight is 391 g/mol. The van der Waals surface area contributed by atoms with Crippen LogP contribution in [0.15, 0.2) is 72.8 Å². The molecule has 0 aliphatic carbocycles. The molecule has 0 radical (unpaired) electrons. The van der Waals surface area contributed by atoms with Crippen molar-refractivity contribution < 1.29 is 9.18 Å². The second-order valence-corrected chi connectivity index (χ2v) is 7.41. The van der Waals surface area contributed by atoms with Gasteiger partial charge in [0.15, 0.2) is 5.13 Å². The highest BCUT2D eigenvalue weighted by Gasteiger charge is 2.15. The number of amides is 1. The molecule has 140 valence electrons. The van der Waals surface area contributed by atoms with Gasteiger partial charge in [0.2, 0.25) is 5.91 Å². The first-order chi connectivity index (χ1) is 13.6. The molecule has 0 aliphatic rings. The number of fused-ring (bicyclic) bond motifs is 1. The lowest BCUT2D eigenvalue weighted by molar-refractivity contribution is -0.114. The van der Waals surface area contributed by atoms with Crippen LogP contribution in [0.2, 0.25) is 0 Å². The summed E-state index contributed by atoms with van der Waals surface area (Å²) >= 11 is 1.36. The second kappa shape index (κ2) is 7.78. The molecule has 4 aromatic rings. The summed E-state index contributed by atoms with van der Waals surface area (Å²) < 4.78 is 14.6. The van der Waals surface area contributed by atoms with Gasteiger partial charge in [-0.2, -0.15) is 0 Å². The number of carbonyl (C=O) groups excluding carboxylic acids is 1. The van der Waals surface area contributed by atoms with Gasteiger partial charge in [0.25, 0.3) is 0 Å². The Labute approximate surface area is 166 Å². The molecule has 0 spiro atoms. The Morgan fingerprint density at radius 3 is 2.57 bits per heavy atom. The van der Waals surface area contributed by atoms with E-state index in [4.69, 9.17) is 0 Å². The highest BCUT2D eigenvalue weighted by Crippen LogP contribution is 2.30. The fraction of sp³-hybridized carbons (Fsp3) is 0.0909.